The minimum absolute atomic E-state index is 0.285. The number of halogens is 1. The SMILES string of the molecule is CCCCC(CO)C1C(CO)C(C2CC[C@@H]2C)C(C2CC2)C1C(C)Cc1ccc(Br)cc1CC. The first-order valence-corrected chi connectivity index (χ1v) is 15.2. The maximum absolute atomic E-state index is 10.9. The molecular formula is C31H49BrO2. The van der Waals surface area contributed by atoms with Gasteiger partial charge in [-0.15, -0.1) is 0 Å². The first-order chi connectivity index (χ1) is 16.4. The molecule has 3 aliphatic rings. The monoisotopic (exact) mass is 532 g/mol. The van der Waals surface area contributed by atoms with Crippen molar-refractivity contribution in [3.63, 3.8) is 0 Å². The Morgan fingerprint density at radius 3 is 2.29 bits per heavy atom. The number of rotatable bonds is 12. The first-order valence-electron chi connectivity index (χ1n) is 14.4. The van der Waals surface area contributed by atoms with Crippen LogP contribution in [-0.2, 0) is 12.8 Å². The van der Waals surface area contributed by atoms with Crippen molar-refractivity contribution < 1.29 is 10.2 Å². The van der Waals surface area contributed by atoms with E-state index in [0.29, 0.717) is 42.1 Å². The Labute approximate surface area is 217 Å². The lowest BCUT2D eigenvalue weighted by atomic mass is 9.61. The molecule has 0 spiro atoms. The second-order valence-corrected chi connectivity index (χ2v) is 13.2. The van der Waals surface area contributed by atoms with E-state index in [0.717, 1.165) is 42.9 Å². The summed E-state index contributed by atoms with van der Waals surface area (Å²) in [6.45, 7) is 10.1. The predicted octanol–water partition coefficient (Wildman–Crippen LogP) is 7.53. The summed E-state index contributed by atoms with van der Waals surface area (Å²) in [4.78, 5) is 0. The third-order valence-corrected chi connectivity index (χ3v) is 10.8. The van der Waals surface area contributed by atoms with E-state index in [1.54, 1.807) is 0 Å². The van der Waals surface area contributed by atoms with Gasteiger partial charge < -0.3 is 10.2 Å². The van der Waals surface area contributed by atoms with Gasteiger partial charge in [0.05, 0.1) is 0 Å². The van der Waals surface area contributed by atoms with E-state index in [1.807, 2.05) is 0 Å². The molecule has 3 fully saturated rings. The predicted molar refractivity (Wildman–Crippen MR) is 146 cm³/mol. The van der Waals surface area contributed by atoms with Gasteiger partial charge in [0.1, 0.15) is 0 Å². The van der Waals surface area contributed by atoms with Crippen molar-refractivity contribution in [2.24, 2.45) is 59.2 Å². The number of aryl methyl sites for hydroxylation is 1. The fourth-order valence-electron chi connectivity index (χ4n) is 8.46. The van der Waals surface area contributed by atoms with Gasteiger partial charge in [0.2, 0.25) is 0 Å². The van der Waals surface area contributed by atoms with Crippen LogP contribution in [0, 0.1) is 59.2 Å². The highest BCUT2D eigenvalue weighted by Gasteiger charge is 2.60. The van der Waals surface area contributed by atoms with Crippen molar-refractivity contribution in [2.75, 3.05) is 13.2 Å². The Morgan fingerprint density at radius 1 is 1.00 bits per heavy atom. The molecule has 192 valence electrons. The molecule has 3 aliphatic carbocycles. The van der Waals surface area contributed by atoms with Gasteiger partial charge in [-0.05, 0) is 121 Å². The molecule has 0 bridgehead atoms. The molecule has 0 saturated heterocycles. The van der Waals surface area contributed by atoms with E-state index in [4.69, 9.17) is 0 Å². The van der Waals surface area contributed by atoms with Crippen molar-refractivity contribution in [1.29, 1.82) is 0 Å². The van der Waals surface area contributed by atoms with Crippen molar-refractivity contribution >= 4 is 15.9 Å². The minimum atomic E-state index is 0.285. The van der Waals surface area contributed by atoms with Crippen LogP contribution in [0.1, 0.15) is 83.8 Å². The Morgan fingerprint density at radius 2 is 1.76 bits per heavy atom. The van der Waals surface area contributed by atoms with E-state index in [1.165, 1.54) is 54.1 Å². The van der Waals surface area contributed by atoms with Gasteiger partial charge in [0.25, 0.3) is 0 Å². The molecule has 3 saturated carbocycles. The Hall–Kier alpha value is -0.380. The molecule has 1 aromatic rings. The Kier molecular flexibility index (Phi) is 9.24. The highest BCUT2D eigenvalue weighted by atomic mass is 79.9. The molecule has 2 N–H and O–H groups in total. The number of aliphatic hydroxyl groups is 2. The zero-order valence-electron chi connectivity index (χ0n) is 22.1. The summed E-state index contributed by atoms with van der Waals surface area (Å²) >= 11 is 3.67. The summed E-state index contributed by atoms with van der Waals surface area (Å²) in [7, 11) is 0. The molecule has 0 amide bonds. The molecule has 3 heteroatoms. The summed E-state index contributed by atoms with van der Waals surface area (Å²) in [5.41, 5.74) is 2.97. The van der Waals surface area contributed by atoms with Crippen LogP contribution in [0.15, 0.2) is 22.7 Å². The van der Waals surface area contributed by atoms with E-state index < -0.39 is 0 Å². The summed E-state index contributed by atoms with van der Waals surface area (Å²) in [6, 6.07) is 6.85. The van der Waals surface area contributed by atoms with Gasteiger partial charge in [-0.25, -0.2) is 0 Å². The van der Waals surface area contributed by atoms with Crippen molar-refractivity contribution in [3.8, 4) is 0 Å². The normalized spacial score (nSPS) is 35.2. The highest BCUT2D eigenvalue weighted by Crippen LogP contribution is 2.64. The lowest BCUT2D eigenvalue weighted by molar-refractivity contribution is 0.0187. The molecule has 0 radical (unpaired) electrons. The Balaban J connectivity index is 1.70. The van der Waals surface area contributed by atoms with Crippen LogP contribution in [0.3, 0.4) is 0 Å². The molecule has 34 heavy (non-hydrogen) atoms. The van der Waals surface area contributed by atoms with Crippen LogP contribution < -0.4 is 0 Å². The minimum Gasteiger partial charge on any atom is -0.396 e. The lowest BCUT2D eigenvalue weighted by Gasteiger charge is -2.44. The fraction of sp³-hybridized carbons (Fsp3) is 0.806. The quantitative estimate of drug-likeness (QED) is 0.292. The largest absolute Gasteiger partial charge is 0.396 e. The molecule has 0 heterocycles. The van der Waals surface area contributed by atoms with Gasteiger partial charge in [0.15, 0.2) is 0 Å². The molecule has 9 atom stereocenters. The van der Waals surface area contributed by atoms with Gasteiger partial charge >= 0.3 is 0 Å². The average molecular weight is 534 g/mol. The van der Waals surface area contributed by atoms with Crippen LogP contribution in [0.25, 0.3) is 0 Å². The third kappa shape index (κ3) is 5.32. The average Bonchev–Trinajstić information content (AvgIpc) is 3.62. The maximum Gasteiger partial charge on any atom is 0.0465 e. The fourth-order valence-corrected chi connectivity index (χ4v) is 8.87. The summed E-state index contributed by atoms with van der Waals surface area (Å²) in [6.07, 6.45) is 11.1. The number of aliphatic hydroxyl groups excluding tert-OH is 2. The van der Waals surface area contributed by atoms with Crippen LogP contribution >= 0.6 is 15.9 Å². The lowest BCUT2D eigenvalue weighted by Crippen LogP contribution is -2.39. The summed E-state index contributed by atoms with van der Waals surface area (Å²) in [5, 5.41) is 21.5. The van der Waals surface area contributed by atoms with E-state index >= 15 is 0 Å². The van der Waals surface area contributed by atoms with Crippen molar-refractivity contribution in [1.82, 2.24) is 0 Å². The second kappa shape index (κ2) is 11.8. The van der Waals surface area contributed by atoms with Crippen LogP contribution in [0.2, 0.25) is 0 Å². The topological polar surface area (TPSA) is 40.5 Å². The van der Waals surface area contributed by atoms with Gasteiger partial charge in [0, 0.05) is 17.7 Å². The zero-order chi connectivity index (χ0) is 24.4. The van der Waals surface area contributed by atoms with Crippen molar-refractivity contribution in [3.05, 3.63) is 33.8 Å². The van der Waals surface area contributed by atoms with Crippen LogP contribution in [0.4, 0.5) is 0 Å². The van der Waals surface area contributed by atoms with E-state index in [9.17, 15) is 10.2 Å². The van der Waals surface area contributed by atoms with E-state index in [-0.39, 0.29) is 6.61 Å². The molecule has 0 aliphatic heterocycles. The van der Waals surface area contributed by atoms with Gasteiger partial charge in [-0.2, -0.15) is 0 Å². The zero-order valence-corrected chi connectivity index (χ0v) is 23.6. The summed E-state index contributed by atoms with van der Waals surface area (Å²) in [5.74, 6) is 6.19. The smallest absolute Gasteiger partial charge is 0.0465 e. The number of benzene rings is 1. The van der Waals surface area contributed by atoms with Crippen LogP contribution in [0.5, 0.6) is 0 Å². The third-order valence-electron chi connectivity index (χ3n) is 10.3. The Bertz CT molecular complexity index is 790. The van der Waals surface area contributed by atoms with Crippen molar-refractivity contribution in [2.45, 2.75) is 85.5 Å². The number of unbranched alkanes of at least 4 members (excludes halogenated alkanes) is 1. The highest BCUT2D eigenvalue weighted by molar-refractivity contribution is 9.10. The molecule has 4 rings (SSSR count). The number of hydrogen-bond donors (Lipinski definition) is 2. The van der Waals surface area contributed by atoms with Gasteiger partial charge in [-0.3, -0.25) is 0 Å². The summed E-state index contributed by atoms with van der Waals surface area (Å²) < 4.78 is 1.18. The standard InChI is InChI=1S/C31H49BrO2/c1-5-7-8-24(17-33)29-27(18-34)31(26-14-9-19(26)3)30(22-10-11-22)28(29)20(4)15-23-12-13-25(32)16-21(23)6-2/h12-13,16,19-20,22,24,26-31,33-34H,5-11,14-15,17-18H2,1-4H3/t19-,20?,24?,26?,27?,28?,29?,30?,31?/m0/s1. The second-order valence-electron chi connectivity index (χ2n) is 12.2. The molecule has 2 nitrogen and oxygen atoms in total. The van der Waals surface area contributed by atoms with Gasteiger partial charge in [-0.1, -0.05) is 69.0 Å². The molecule has 8 unspecified atom stereocenters. The van der Waals surface area contributed by atoms with E-state index in [2.05, 4.69) is 61.8 Å². The first kappa shape index (κ1) is 26.7. The number of hydrogen-bond acceptors (Lipinski definition) is 2. The molecule has 1 aromatic carbocycles. The maximum atomic E-state index is 10.9. The molecular weight excluding hydrogens is 484 g/mol. The molecule has 0 aromatic heterocycles. The van der Waals surface area contributed by atoms with Crippen LogP contribution in [-0.4, -0.2) is 23.4 Å².